The molecule has 1 N–H and O–H groups in total. The van der Waals surface area contributed by atoms with E-state index in [1.807, 2.05) is 0 Å². The zero-order valence-electron chi connectivity index (χ0n) is 7.27. The van der Waals surface area contributed by atoms with Crippen molar-refractivity contribution in [3.8, 4) is 0 Å². The van der Waals surface area contributed by atoms with Gasteiger partial charge in [-0.15, -0.1) is 16.8 Å². The van der Waals surface area contributed by atoms with Crippen molar-refractivity contribution in [1.82, 2.24) is 4.98 Å². The van der Waals surface area contributed by atoms with Crippen LogP contribution in [-0.4, -0.2) is 16.1 Å². The maximum Gasteiger partial charge on any atom is 0.335 e. The largest absolute Gasteiger partial charge is 0.478 e. The average Bonchev–Trinajstić information content (AvgIpc) is 2.17. The monoisotopic (exact) mass is 261 g/mol. The molecule has 0 spiro atoms. The maximum atomic E-state index is 10.6. The van der Waals surface area contributed by atoms with Crippen LogP contribution in [0.15, 0.2) is 30.5 Å². The molecule has 0 aliphatic heterocycles. The number of aromatic carboxylic acids is 1. The number of pyridine rings is 1. The van der Waals surface area contributed by atoms with Crippen molar-refractivity contribution in [3.63, 3.8) is 0 Å². The summed E-state index contributed by atoms with van der Waals surface area (Å²) in [6.07, 6.45) is 4.29. The zero-order valence-corrected chi connectivity index (χ0v) is 10.1. The molecule has 67 valence electrons. The smallest absolute Gasteiger partial charge is 0.335 e. The summed E-state index contributed by atoms with van der Waals surface area (Å²) in [5, 5.41) is 10.5. The second-order valence-electron chi connectivity index (χ2n) is 2.68. The first-order valence-corrected chi connectivity index (χ1v) is 3.76. The molecule has 4 heteroatoms. The summed E-state index contributed by atoms with van der Waals surface area (Å²) in [6.45, 7) is 0. The summed E-state index contributed by atoms with van der Waals surface area (Å²) < 4.78 is 0. The molecule has 1 radical (unpaired) electrons. The Hall–Kier alpha value is -0.796. The predicted octanol–water partition coefficient (Wildman–Crippen LogP) is 1.73. The molecule has 2 aromatic rings. The van der Waals surface area contributed by atoms with Gasteiger partial charge in [0, 0.05) is 32.7 Å². The van der Waals surface area contributed by atoms with Gasteiger partial charge in [0.15, 0.2) is 0 Å². The Morgan fingerprint density at radius 2 is 2.14 bits per heavy atom. The number of fused-ring (bicyclic) bond motifs is 1. The maximum absolute atomic E-state index is 10.6. The van der Waals surface area contributed by atoms with Gasteiger partial charge >= 0.3 is 5.97 Å². The molecule has 0 fully saturated rings. The van der Waals surface area contributed by atoms with Crippen LogP contribution < -0.4 is 0 Å². The van der Waals surface area contributed by atoms with Gasteiger partial charge in [-0.3, -0.25) is 0 Å². The number of rotatable bonds is 1. The molecule has 0 bridgehead atoms. The molecule has 2 rings (SSSR count). The van der Waals surface area contributed by atoms with Gasteiger partial charge in [0.2, 0.25) is 0 Å². The van der Waals surface area contributed by atoms with Crippen molar-refractivity contribution >= 4 is 16.7 Å². The van der Waals surface area contributed by atoms with E-state index in [-0.39, 0.29) is 38.3 Å². The van der Waals surface area contributed by atoms with Crippen LogP contribution in [0.2, 0.25) is 0 Å². The zero-order chi connectivity index (χ0) is 9.26. The quantitative estimate of drug-likeness (QED) is 0.795. The topological polar surface area (TPSA) is 50.2 Å². The Kier molecular flexibility index (Phi) is 3.72. The van der Waals surface area contributed by atoms with Gasteiger partial charge in [-0.2, -0.15) is 6.07 Å². The van der Waals surface area contributed by atoms with E-state index in [0.717, 1.165) is 10.8 Å². The van der Waals surface area contributed by atoms with Gasteiger partial charge in [-0.1, -0.05) is 24.5 Å². The molecule has 0 aliphatic carbocycles. The third kappa shape index (κ3) is 2.17. The van der Waals surface area contributed by atoms with E-state index in [1.54, 1.807) is 30.5 Å². The second-order valence-corrected chi connectivity index (χ2v) is 2.68. The van der Waals surface area contributed by atoms with Gasteiger partial charge in [0.1, 0.15) is 0 Å². The third-order valence-corrected chi connectivity index (χ3v) is 1.83. The fourth-order valence-electron chi connectivity index (χ4n) is 1.16. The van der Waals surface area contributed by atoms with Crippen LogP contribution in [0.4, 0.5) is 0 Å². The van der Waals surface area contributed by atoms with Crippen LogP contribution in [0.3, 0.4) is 0 Å². The number of carbonyl (C=O) groups is 1. The molecular weight excluding hydrogens is 255 g/mol. The minimum absolute atomic E-state index is 0. The number of aromatic nitrogens is 1. The van der Waals surface area contributed by atoms with E-state index in [0.29, 0.717) is 0 Å². The Morgan fingerprint density at radius 3 is 2.86 bits per heavy atom. The normalized spacial score (nSPS) is 9.43. The van der Waals surface area contributed by atoms with Gasteiger partial charge in [-0.05, 0) is 0 Å². The van der Waals surface area contributed by atoms with E-state index in [2.05, 4.69) is 11.2 Å². The van der Waals surface area contributed by atoms with Crippen molar-refractivity contribution in [1.29, 1.82) is 0 Å². The summed E-state index contributed by atoms with van der Waals surface area (Å²) in [6, 6.07) is 6.63. The number of hydrogen-bond acceptors (Lipinski definition) is 2. The van der Waals surface area contributed by atoms with Crippen molar-refractivity contribution < 1.29 is 42.6 Å². The van der Waals surface area contributed by atoms with Gasteiger partial charge < -0.3 is 10.1 Å². The van der Waals surface area contributed by atoms with Crippen LogP contribution in [0.25, 0.3) is 10.8 Å². The van der Waals surface area contributed by atoms with Crippen molar-refractivity contribution in [2.45, 2.75) is 0 Å². The molecule has 0 atom stereocenters. The summed E-state index contributed by atoms with van der Waals surface area (Å²) in [4.78, 5) is 14.4. The van der Waals surface area contributed by atoms with Crippen LogP contribution in [0.1, 0.15) is 10.4 Å². The van der Waals surface area contributed by atoms with E-state index in [4.69, 9.17) is 5.11 Å². The first kappa shape index (κ1) is 11.3. The fourth-order valence-corrected chi connectivity index (χ4v) is 1.16. The Morgan fingerprint density at radius 1 is 1.36 bits per heavy atom. The Labute approximate surface area is 106 Å². The minimum Gasteiger partial charge on any atom is -0.478 e. The Balaban J connectivity index is 0.000000980. The van der Waals surface area contributed by atoms with Crippen molar-refractivity contribution in [2.24, 2.45) is 0 Å². The van der Waals surface area contributed by atoms with E-state index >= 15 is 0 Å². The Bertz CT molecular complexity index is 470. The number of carboxylic acids is 1. The van der Waals surface area contributed by atoms with Crippen LogP contribution in [0.5, 0.6) is 0 Å². The molecule has 3 nitrogen and oxygen atoms in total. The van der Waals surface area contributed by atoms with Crippen molar-refractivity contribution in [2.75, 3.05) is 0 Å². The first-order chi connectivity index (χ1) is 6.27. The number of benzene rings is 1. The third-order valence-electron chi connectivity index (χ3n) is 1.83. The number of hydrogen-bond donors (Lipinski definition) is 1. The molecule has 0 saturated carbocycles. The molecule has 0 unspecified atom stereocenters. The van der Waals surface area contributed by atoms with E-state index in [9.17, 15) is 4.79 Å². The molecule has 14 heavy (non-hydrogen) atoms. The second kappa shape index (κ2) is 4.62. The molecular formula is C10H6NO2Y-. The summed E-state index contributed by atoms with van der Waals surface area (Å²) in [5.41, 5.74) is 0.278. The average molecular weight is 261 g/mol. The fraction of sp³-hybridized carbons (Fsp3) is 0. The molecule has 0 amide bonds. The number of nitrogens with zero attached hydrogens (tertiary/aromatic N) is 1. The summed E-state index contributed by atoms with van der Waals surface area (Å²) >= 11 is 0. The molecule has 1 aromatic heterocycles. The minimum atomic E-state index is -0.922. The molecule has 0 saturated heterocycles. The van der Waals surface area contributed by atoms with Gasteiger partial charge in [0.05, 0.1) is 5.56 Å². The van der Waals surface area contributed by atoms with Gasteiger partial charge in [-0.25, -0.2) is 4.79 Å². The van der Waals surface area contributed by atoms with E-state index < -0.39 is 5.97 Å². The van der Waals surface area contributed by atoms with Crippen LogP contribution in [0, 0.1) is 6.20 Å². The van der Waals surface area contributed by atoms with Gasteiger partial charge in [0.25, 0.3) is 0 Å². The number of carboxylic acid groups (broad SMARTS) is 1. The summed E-state index contributed by atoms with van der Waals surface area (Å²) in [7, 11) is 0. The van der Waals surface area contributed by atoms with Crippen LogP contribution >= 0.6 is 0 Å². The summed E-state index contributed by atoms with van der Waals surface area (Å²) in [5.74, 6) is -0.922. The molecule has 1 aromatic carbocycles. The SMILES string of the molecule is O=C(O)c1ccc2c[c-]ncc2c1.[Y]. The molecule has 1 heterocycles. The van der Waals surface area contributed by atoms with Crippen molar-refractivity contribution in [3.05, 3.63) is 42.2 Å². The van der Waals surface area contributed by atoms with E-state index in [1.165, 1.54) is 0 Å². The standard InChI is InChI=1S/C10H6NO2.Y/c12-10(13)8-2-1-7-3-4-11-6-9(7)5-8;/h1-3,5-6H,(H,12,13);/q-1;. The predicted molar refractivity (Wildman–Crippen MR) is 47.5 cm³/mol. The molecule has 0 aliphatic rings. The first-order valence-electron chi connectivity index (χ1n) is 3.76. The van der Waals surface area contributed by atoms with Crippen LogP contribution in [-0.2, 0) is 32.7 Å².